The summed E-state index contributed by atoms with van der Waals surface area (Å²) in [6, 6.07) is 13.5. The standard InChI is InChI=1S/C18H19FO2/c19-15-6-10-17(11-7-15)21-16-8-4-14(5-9-16)18(20)12-2-1-3-13-18/h4-11,20H,1-3,12-13H2. The molecule has 2 aromatic carbocycles. The van der Waals surface area contributed by atoms with Gasteiger partial charge >= 0.3 is 0 Å². The van der Waals surface area contributed by atoms with E-state index in [9.17, 15) is 9.50 Å². The molecule has 1 aliphatic carbocycles. The Morgan fingerprint density at radius 3 is 1.90 bits per heavy atom. The second-order valence-corrected chi connectivity index (χ2v) is 5.67. The monoisotopic (exact) mass is 286 g/mol. The predicted molar refractivity (Wildman–Crippen MR) is 79.9 cm³/mol. The third-order valence-corrected chi connectivity index (χ3v) is 4.12. The molecule has 110 valence electrons. The maximum absolute atomic E-state index is 12.8. The lowest BCUT2D eigenvalue weighted by atomic mass is 9.80. The maximum Gasteiger partial charge on any atom is 0.127 e. The fourth-order valence-corrected chi connectivity index (χ4v) is 2.90. The highest BCUT2D eigenvalue weighted by Gasteiger charge is 2.30. The Bertz CT molecular complexity index is 584. The summed E-state index contributed by atoms with van der Waals surface area (Å²) in [5.41, 5.74) is 0.265. The minimum absolute atomic E-state index is 0.280. The molecule has 21 heavy (non-hydrogen) atoms. The molecule has 0 saturated heterocycles. The van der Waals surface area contributed by atoms with Crippen molar-refractivity contribution in [3.63, 3.8) is 0 Å². The quantitative estimate of drug-likeness (QED) is 0.880. The van der Waals surface area contributed by atoms with E-state index < -0.39 is 5.60 Å². The number of ether oxygens (including phenoxy) is 1. The van der Waals surface area contributed by atoms with E-state index in [2.05, 4.69) is 0 Å². The lowest BCUT2D eigenvalue weighted by Crippen LogP contribution is -2.28. The largest absolute Gasteiger partial charge is 0.457 e. The number of halogens is 1. The van der Waals surface area contributed by atoms with Gasteiger partial charge in [0.25, 0.3) is 0 Å². The van der Waals surface area contributed by atoms with Gasteiger partial charge < -0.3 is 9.84 Å². The molecule has 0 bridgehead atoms. The molecule has 0 spiro atoms. The van der Waals surface area contributed by atoms with Crippen molar-refractivity contribution in [2.45, 2.75) is 37.7 Å². The fourth-order valence-electron chi connectivity index (χ4n) is 2.90. The molecule has 0 unspecified atom stereocenters. The maximum atomic E-state index is 12.8. The van der Waals surface area contributed by atoms with Crippen LogP contribution in [0.2, 0.25) is 0 Å². The second kappa shape index (κ2) is 5.86. The average Bonchev–Trinajstić information content (AvgIpc) is 2.51. The fraction of sp³-hybridized carbons (Fsp3) is 0.333. The van der Waals surface area contributed by atoms with Crippen LogP contribution in [0.5, 0.6) is 11.5 Å². The van der Waals surface area contributed by atoms with Crippen LogP contribution in [0.25, 0.3) is 0 Å². The van der Waals surface area contributed by atoms with Crippen molar-refractivity contribution >= 4 is 0 Å². The molecule has 0 aromatic heterocycles. The molecule has 0 atom stereocenters. The molecule has 2 aromatic rings. The number of aliphatic hydroxyl groups is 1. The average molecular weight is 286 g/mol. The van der Waals surface area contributed by atoms with Crippen molar-refractivity contribution < 1.29 is 14.2 Å². The smallest absolute Gasteiger partial charge is 0.127 e. The highest BCUT2D eigenvalue weighted by atomic mass is 19.1. The third-order valence-electron chi connectivity index (χ3n) is 4.12. The Morgan fingerprint density at radius 1 is 0.810 bits per heavy atom. The van der Waals surface area contributed by atoms with Crippen molar-refractivity contribution in [2.75, 3.05) is 0 Å². The van der Waals surface area contributed by atoms with Crippen molar-refractivity contribution in [1.29, 1.82) is 0 Å². The third kappa shape index (κ3) is 3.24. The molecular formula is C18H19FO2. The van der Waals surface area contributed by atoms with E-state index in [1.54, 1.807) is 12.1 Å². The number of rotatable bonds is 3. The van der Waals surface area contributed by atoms with Gasteiger partial charge in [-0.2, -0.15) is 0 Å². The van der Waals surface area contributed by atoms with Gasteiger partial charge in [-0.05, 0) is 54.8 Å². The number of hydrogen-bond acceptors (Lipinski definition) is 2. The minimum atomic E-state index is -0.688. The van der Waals surface area contributed by atoms with Crippen LogP contribution >= 0.6 is 0 Å². The Labute approximate surface area is 124 Å². The Balaban J connectivity index is 1.73. The summed E-state index contributed by atoms with van der Waals surface area (Å²) in [7, 11) is 0. The van der Waals surface area contributed by atoms with Crippen molar-refractivity contribution in [3.05, 3.63) is 59.9 Å². The molecule has 3 rings (SSSR count). The highest BCUT2D eigenvalue weighted by molar-refractivity contribution is 5.35. The van der Waals surface area contributed by atoms with E-state index in [-0.39, 0.29) is 5.82 Å². The van der Waals surface area contributed by atoms with E-state index in [1.807, 2.05) is 24.3 Å². The van der Waals surface area contributed by atoms with E-state index in [0.29, 0.717) is 11.5 Å². The summed E-state index contributed by atoms with van der Waals surface area (Å²) < 4.78 is 18.5. The summed E-state index contributed by atoms with van der Waals surface area (Å²) in [5.74, 6) is 1.00. The molecule has 1 saturated carbocycles. The molecule has 1 N–H and O–H groups in total. The van der Waals surface area contributed by atoms with Crippen molar-refractivity contribution in [2.24, 2.45) is 0 Å². The van der Waals surface area contributed by atoms with Crippen LogP contribution < -0.4 is 4.74 Å². The van der Waals surface area contributed by atoms with Gasteiger partial charge in [0.2, 0.25) is 0 Å². The van der Waals surface area contributed by atoms with Gasteiger partial charge in [-0.15, -0.1) is 0 Å². The van der Waals surface area contributed by atoms with Gasteiger partial charge in [0.15, 0.2) is 0 Å². The van der Waals surface area contributed by atoms with Gasteiger partial charge in [0.05, 0.1) is 5.60 Å². The van der Waals surface area contributed by atoms with E-state index in [4.69, 9.17) is 4.74 Å². The van der Waals surface area contributed by atoms with E-state index >= 15 is 0 Å². The zero-order chi connectivity index (χ0) is 14.7. The first kappa shape index (κ1) is 14.1. The summed E-state index contributed by atoms with van der Waals surface area (Å²) in [4.78, 5) is 0. The van der Waals surface area contributed by atoms with Gasteiger partial charge in [0, 0.05) is 0 Å². The number of hydrogen-bond donors (Lipinski definition) is 1. The van der Waals surface area contributed by atoms with Crippen LogP contribution in [0, 0.1) is 5.82 Å². The Morgan fingerprint density at radius 2 is 1.33 bits per heavy atom. The number of benzene rings is 2. The zero-order valence-corrected chi connectivity index (χ0v) is 11.9. The summed E-state index contributed by atoms with van der Waals surface area (Å²) >= 11 is 0. The molecule has 0 aliphatic heterocycles. The summed E-state index contributed by atoms with van der Waals surface area (Å²) in [5, 5.41) is 10.7. The minimum Gasteiger partial charge on any atom is -0.457 e. The van der Waals surface area contributed by atoms with Gasteiger partial charge in [-0.3, -0.25) is 0 Å². The predicted octanol–water partition coefficient (Wildman–Crippen LogP) is 4.77. The van der Waals surface area contributed by atoms with Crippen molar-refractivity contribution in [3.8, 4) is 11.5 Å². The zero-order valence-electron chi connectivity index (χ0n) is 11.9. The van der Waals surface area contributed by atoms with E-state index in [0.717, 1.165) is 31.2 Å². The van der Waals surface area contributed by atoms with Gasteiger partial charge in [0.1, 0.15) is 17.3 Å². The highest BCUT2D eigenvalue weighted by Crippen LogP contribution is 2.37. The van der Waals surface area contributed by atoms with Crippen LogP contribution in [-0.2, 0) is 5.60 Å². The van der Waals surface area contributed by atoms with Crippen LogP contribution in [0.1, 0.15) is 37.7 Å². The molecule has 1 fully saturated rings. The lowest BCUT2D eigenvalue weighted by Gasteiger charge is -2.32. The SMILES string of the molecule is OC1(c2ccc(Oc3ccc(F)cc3)cc2)CCCCC1. The van der Waals surface area contributed by atoms with Crippen LogP contribution in [0.3, 0.4) is 0 Å². The topological polar surface area (TPSA) is 29.5 Å². The van der Waals surface area contributed by atoms with E-state index in [1.165, 1.54) is 18.6 Å². The summed E-state index contributed by atoms with van der Waals surface area (Å²) in [6.45, 7) is 0. The molecule has 0 amide bonds. The molecule has 0 radical (unpaired) electrons. The van der Waals surface area contributed by atoms with Crippen LogP contribution in [0.4, 0.5) is 4.39 Å². The second-order valence-electron chi connectivity index (χ2n) is 5.67. The lowest BCUT2D eigenvalue weighted by molar-refractivity contribution is -0.000646. The first-order valence-corrected chi connectivity index (χ1v) is 7.42. The molecular weight excluding hydrogens is 267 g/mol. The Kier molecular flexibility index (Phi) is 3.93. The molecule has 0 heterocycles. The van der Waals surface area contributed by atoms with Crippen LogP contribution in [-0.4, -0.2) is 5.11 Å². The first-order valence-electron chi connectivity index (χ1n) is 7.42. The Hall–Kier alpha value is -1.87. The summed E-state index contributed by atoms with van der Waals surface area (Å²) in [6.07, 6.45) is 5.00. The normalized spacial score (nSPS) is 17.4. The first-order chi connectivity index (χ1) is 10.2. The van der Waals surface area contributed by atoms with Gasteiger partial charge in [-0.25, -0.2) is 4.39 Å². The molecule has 1 aliphatic rings. The molecule has 2 nitrogen and oxygen atoms in total. The van der Waals surface area contributed by atoms with Crippen LogP contribution in [0.15, 0.2) is 48.5 Å². The van der Waals surface area contributed by atoms with Gasteiger partial charge in [-0.1, -0.05) is 31.4 Å². The van der Waals surface area contributed by atoms with Crippen molar-refractivity contribution in [1.82, 2.24) is 0 Å². The molecule has 3 heteroatoms.